The van der Waals surface area contributed by atoms with E-state index in [2.05, 4.69) is 0 Å². The lowest BCUT2D eigenvalue weighted by Crippen LogP contribution is -2.31. The van der Waals surface area contributed by atoms with Crippen molar-refractivity contribution in [2.24, 2.45) is 0 Å². The van der Waals surface area contributed by atoms with Gasteiger partial charge in [-0.25, -0.2) is 4.79 Å². The Labute approximate surface area is 155 Å². The van der Waals surface area contributed by atoms with E-state index >= 15 is 0 Å². The molecule has 0 aliphatic heterocycles. The first-order valence-corrected chi connectivity index (χ1v) is 8.89. The number of likely N-dealkylation sites (N-methyl/N-ethyl adjacent to an activating group) is 1. The second-order valence-corrected chi connectivity index (χ2v) is 6.01. The van der Waals surface area contributed by atoms with Gasteiger partial charge in [0.15, 0.2) is 6.29 Å². The number of ether oxygens (including phenoxy) is 2. The quantitative estimate of drug-likeness (QED) is 0.664. The Morgan fingerprint density at radius 3 is 2.00 bits per heavy atom. The van der Waals surface area contributed by atoms with Crippen molar-refractivity contribution in [2.75, 3.05) is 20.3 Å². The van der Waals surface area contributed by atoms with Gasteiger partial charge in [-0.15, -0.1) is 0 Å². The molecule has 0 aliphatic rings. The minimum atomic E-state index is -0.948. The molecule has 0 fully saturated rings. The summed E-state index contributed by atoms with van der Waals surface area (Å²) in [4.78, 5) is 12.9. The van der Waals surface area contributed by atoms with Crippen LogP contribution in [0.1, 0.15) is 42.9 Å². The first kappa shape index (κ1) is 19.9. The van der Waals surface area contributed by atoms with Crippen LogP contribution in [0.4, 0.5) is 4.79 Å². The number of rotatable bonds is 9. The summed E-state index contributed by atoms with van der Waals surface area (Å²) in [5.74, 6) is 0. The van der Waals surface area contributed by atoms with Crippen LogP contribution in [0.25, 0.3) is 0 Å². The number of benzene rings is 2. The minimum absolute atomic E-state index is 0.262. The maximum Gasteiger partial charge on any atom is 0.407 e. The van der Waals surface area contributed by atoms with Gasteiger partial charge in [0.1, 0.15) is 0 Å². The van der Waals surface area contributed by atoms with Gasteiger partial charge in [0.05, 0.1) is 6.04 Å². The number of amides is 1. The van der Waals surface area contributed by atoms with Crippen molar-refractivity contribution in [3.8, 4) is 0 Å². The van der Waals surface area contributed by atoms with Crippen LogP contribution in [-0.2, 0) is 15.9 Å². The summed E-state index contributed by atoms with van der Waals surface area (Å²) in [6.07, 6.45) is -0.732. The van der Waals surface area contributed by atoms with E-state index in [9.17, 15) is 9.90 Å². The highest BCUT2D eigenvalue weighted by molar-refractivity contribution is 5.65. The zero-order chi connectivity index (χ0) is 18.9. The van der Waals surface area contributed by atoms with E-state index in [-0.39, 0.29) is 6.04 Å². The highest BCUT2D eigenvalue weighted by Gasteiger charge is 2.22. The van der Waals surface area contributed by atoms with Gasteiger partial charge in [-0.1, -0.05) is 54.6 Å². The summed E-state index contributed by atoms with van der Waals surface area (Å²) < 4.78 is 11.2. The Balaban J connectivity index is 2.25. The highest BCUT2D eigenvalue weighted by atomic mass is 16.7. The minimum Gasteiger partial charge on any atom is -0.465 e. The van der Waals surface area contributed by atoms with Crippen LogP contribution >= 0.6 is 0 Å². The second-order valence-electron chi connectivity index (χ2n) is 6.01. The predicted octanol–water partition coefficient (Wildman–Crippen LogP) is 4.65. The van der Waals surface area contributed by atoms with Gasteiger partial charge in [-0.05, 0) is 31.4 Å². The van der Waals surface area contributed by atoms with E-state index in [0.29, 0.717) is 19.6 Å². The van der Waals surface area contributed by atoms with Crippen LogP contribution in [0.2, 0.25) is 0 Å². The fourth-order valence-electron chi connectivity index (χ4n) is 2.87. The molecule has 5 heteroatoms. The van der Waals surface area contributed by atoms with Gasteiger partial charge >= 0.3 is 6.09 Å². The predicted molar refractivity (Wildman–Crippen MR) is 101 cm³/mol. The third kappa shape index (κ3) is 5.31. The van der Waals surface area contributed by atoms with Gasteiger partial charge in [-0.2, -0.15) is 0 Å². The zero-order valence-electron chi connectivity index (χ0n) is 15.6. The van der Waals surface area contributed by atoms with Gasteiger partial charge in [-0.3, -0.25) is 0 Å². The lowest BCUT2D eigenvalue weighted by Gasteiger charge is -2.27. The molecule has 2 aromatic carbocycles. The Bertz CT molecular complexity index is 666. The maximum atomic E-state index is 11.5. The Morgan fingerprint density at radius 2 is 1.50 bits per heavy atom. The summed E-state index contributed by atoms with van der Waals surface area (Å²) in [7, 11) is 1.60. The van der Waals surface area contributed by atoms with Gasteiger partial charge in [0.25, 0.3) is 0 Å². The number of nitrogens with zero attached hydrogens (tertiary/aromatic N) is 1. The summed E-state index contributed by atoms with van der Waals surface area (Å²) in [5.41, 5.74) is 2.96. The molecule has 0 aliphatic carbocycles. The zero-order valence-corrected chi connectivity index (χ0v) is 15.6. The maximum absolute atomic E-state index is 11.5. The Morgan fingerprint density at radius 1 is 0.962 bits per heavy atom. The molecule has 140 valence electrons. The molecule has 0 aromatic heterocycles. The third-order valence-corrected chi connectivity index (χ3v) is 4.27. The molecule has 2 aromatic rings. The number of carbonyl (C=O) groups is 1. The summed E-state index contributed by atoms with van der Waals surface area (Å²) in [5, 5.41) is 9.46. The van der Waals surface area contributed by atoms with Crippen LogP contribution < -0.4 is 0 Å². The lowest BCUT2D eigenvalue weighted by atomic mass is 9.97. The monoisotopic (exact) mass is 357 g/mol. The fourth-order valence-corrected chi connectivity index (χ4v) is 2.87. The van der Waals surface area contributed by atoms with Crippen molar-refractivity contribution >= 4 is 6.09 Å². The van der Waals surface area contributed by atoms with Crippen molar-refractivity contribution in [3.63, 3.8) is 0 Å². The first-order valence-electron chi connectivity index (χ1n) is 8.89. The average Bonchev–Trinajstić information content (AvgIpc) is 2.66. The van der Waals surface area contributed by atoms with Crippen LogP contribution in [0.15, 0.2) is 54.6 Å². The molecular weight excluding hydrogens is 330 g/mol. The smallest absolute Gasteiger partial charge is 0.407 e. The van der Waals surface area contributed by atoms with Gasteiger partial charge in [0.2, 0.25) is 0 Å². The lowest BCUT2D eigenvalue weighted by molar-refractivity contribution is -0.140. The molecule has 0 saturated heterocycles. The van der Waals surface area contributed by atoms with E-state index in [1.54, 1.807) is 7.05 Å². The van der Waals surface area contributed by atoms with Crippen molar-refractivity contribution in [1.29, 1.82) is 0 Å². The van der Waals surface area contributed by atoms with E-state index in [0.717, 1.165) is 16.7 Å². The molecule has 0 radical (unpaired) electrons. The molecule has 1 atom stereocenters. The molecule has 0 bridgehead atoms. The number of hydrogen-bond acceptors (Lipinski definition) is 3. The molecule has 0 heterocycles. The second kappa shape index (κ2) is 9.94. The van der Waals surface area contributed by atoms with Gasteiger partial charge in [0, 0.05) is 25.8 Å². The molecule has 5 nitrogen and oxygen atoms in total. The molecule has 1 unspecified atom stereocenters. The summed E-state index contributed by atoms with van der Waals surface area (Å²) >= 11 is 0. The molecule has 26 heavy (non-hydrogen) atoms. The largest absolute Gasteiger partial charge is 0.465 e. The summed E-state index contributed by atoms with van der Waals surface area (Å²) in [6, 6.07) is 17.4. The number of carboxylic acid groups (broad SMARTS) is 1. The van der Waals surface area contributed by atoms with Gasteiger partial charge < -0.3 is 19.5 Å². The summed E-state index contributed by atoms with van der Waals surface area (Å²) in [6.45, 7) is 4.98. The fraction of sp³-hybridized carbons (Fsp3) is 0.381. The van der Waals surface area contributed by atoms with Crippen molar-refractivity contribution < 1.29 is 19.4 Å². The first-order chi connectivity index (χ1) is 12.6. The van der Waals surface area contributed by atoms with E-state index in [4.69, 9.17) is 9.47 Å². The van der Waals surface area contributed by atoms with Crippen LogP contribution in [-0.4, -0.2) is 36.4 Å². The topological polar surface area (TPSA) is 59.0 Å². The molecule has 0 saturated carbocycles. The van der Waals surface area contributed by atoms with E-state index in [1.165, 1.54) is 4.90 Å². The van der Waals surface area contributed by atoms with Crippen LogP contribution in [0, 0.1) is 0 Å². The number of hydrogen-bond donors (Lipinski definition) is 1. The molecule has 1 amide bonds. The van der Waals surface area contributed by atoms with Crippen molar-refractivity contribution in [3.05, 3.63) is 71.3 Å². The normalized spacial score (nSPS) is 12.2. The van der Waals surface area contributed by atoms with Crippen molar-refractivity contribution in [1.82, 2.24) is 4.90 Å². The van der Waals surface area contributed by atoms with E-state index < -0.39 is 12.4 Å². The molecular formula is C21H27NO4. The van der Waals surface area contributed by atoms with Crippen molar-refractivity contribution in [2.45, 2.75) is 32.6 Å². The Kier molecular flexibility index (Phi) is 7.63. The van der Waals surface area contributed by atoms with Crippen LogP contribution in [0.5, 0.6) is 0 Å². The average molecular weight is 357 g/mol. The van der Waals surface area contributed by atoms with Crippen LogP contribution in [0.3, 0.4) is 0 Å². The SMILES string of the molecule is CCOC(OCC)c1ccc(C(Cc2ccccc2)N(C)C(=O)O)cc1. The molecule has 1 N–H and O–H groups in total. The highest BCUT2D eigenvalue weighted by Crippen LogP contribution is 2.27. The Hall–Kier alpha value is -2.37. The third-order valence-electron chi connectivity index (χ3n) is 4.27. The molecule has 0 spiro atoms. The standard InChI is InChI=1S/C21H27NO4/c1-4-25-20(26-5-2)18-13-11-17(12-14-18)19(22(3)21(23)24)15-16-9-7-6-8-10-16/h6-14,19-20H,4-5,15H2,1-3H3,(H,23,24). The molecule has 2 rings (SSSR count). The van der Waals surface area contributed by atoms with E-state index in [1.807, 2.05) is 68.4 Å².